The van der Waals surface area contributed by atoms with Crippen LogP contribution < -0.4 is 14.7 Å². The summed E-state index contributed by atoms with van der Waals surface area (Å²) >= 11 is 6.19. The number of rotatable bonds is 4. The zero-order chi connectivity index (χ0) is 23.7. The van der Waals surface area contributed by atoms with Crippen LogP contribution in [0.3, 0.4) is 0 Å². The van der Waals surface area contributed by atoms with Crippen molar-refractivity contribution in [2.24, 2.45) is 0 Å². The summed E-state index contributed by atoms with van der Waals surface area (Å²) in [5.74, 6) is 1.62. The van der Waals surface area contributed by atoms with Gasteiger partial charge in [-0.05, 0) is 37.1 Å². The molecule has 178 valence electrons. The summed E-state index contributed by atoms with van der Waals surface area (Å²) in [6.07, 6.45) is -0.899. The second kappa shape index (κ2) is 9.25. The topological polar surface area (TPSA) is 61.3 Å². The summed E-state index contributed by atoms with van der Waals surface area (Å²) in [5, 5.41) is 0.589. The maximum absolute atomic E-state index is 13.5. The molecule has 4 heterocycles. The van der Waals surface area contributed by atoms with E-state index in [0.29, 0.717) is 48.9 Å². The van der Waals surface area contributed by atoms with E-state index in [2.05, 4.69) is 9.88 Å². The van der Waals surface area contributed by atoms with E-state index in [1.54, 1.807) is 11.0 Å². The number of anilines is 3. The van der Waals surface area contributed by atoms with E-state index < -0.39 is 11.7 Å². The van der Waals surface area contributed by atoms with Crippen LogP contribution in [0, 0.1) is 0 Å². The number of piperazine rings is 1. The molecule has 7 nitrogen and oxygen atoms in total. The highest BCUT2D eigenvalue weighted by Gasteiger charge is 2.36. The Balaban J connectivity index is 1.41. The summed E-state index contributed by atoms with van der Waals surface area (Å²) in [4.78, 5) is 23.9. The molecule has 2 aliphatic heterocycles. The van der Waals surface area contributed by atoms with Crippen LogP contribution in [0.25, 0.3) is 11.4 Å². The van der Waals surface area contributed by atoms with Crippen molar-refractivity contribution in [2.45, 2.75) is 19.0 Å². The van der Waals surface area contributed by atoms with E-state index in [0.717, 1.165) is 37.6 Å². The molecule has 0 spiro atoms. The zero-order valence-electron chi connectivity index (χ0n) is 18.3. The van der Waals surface area contributed by atoms with Crippen LogP contribution in [-0.2, 0) is 6.18 Å². The Bertz CT molecular complexity index is 1160. The molecule has 0 atom stereocenters. The third-order valence-electron chi connectivity index (χ3n) is 6.04. The summed E-state index contributed by atoms with van der Waals surface area (Å²) in [7, 11) is 0. The molecule has 2 aromatic heterocycles. The molecule has 3 aromatic rings. The lowest BCUT2D eigenvalue weighted by Crippen LogP contribution is -2.48. The molecule has 0 saturated carbocycles. The van der Waals surface area contributed by atoms with Crippen molar-refractivity contribution >= 4 is 29.3 Å². The molecular weight excluding hydrogens is 467 g/mol. The summed E-state index contributed by atoms with van der Waals surface area (Å²) in [5.41, 5.74) is 0.0710. The lowest BCUT2D eigenvalue weighted by molar-refractivity contribution is -0.137. The number of pyridine rings is 1. The summed E-state index contributed by atoms with van der Waals surface area (Å²) in [6, 6.07) is 9.73. The molecule has 0 amide bonds. The number of hydrogen-bond acceptors (Lipinski definition) is 7. The Morgan fingerprint density at radius 2 is 1.41 bits per heavy atom. The normalized spacial score (nSPS) is 16.9. The number of halogens is 4. The molecule has 5 rings (SSSR count). The smallest absolute Gasteiger partial charge is 0.353 e. The lowest BCUT2D eigenvalue weighted by Gasteiger charge is -2.36. The molecule has 0 aliphatic carbocycles. The van der Waals surface area contributed by atoms with E-state index in [1.165, 1.54) is 12.3 Å². The van der Waals surface area contributed by atoms with Gasteiger partial charge in [-0.25, -0.2) is 4.98 Å². The maximum atomic E-state index is 13.5. The van der Waals surface area contributed by atoms with Crippen LogP contribution >= 0.6 is 11.6 Å². The minimum Gasteiger partial charge on any atom is -0.353 e. The van der Waals surface area contributed by atoms with E-state index in [1.807, 2.05) is 23.1 Å². The Hall–Kier alpha value is -3.14. The van der Waals surface area contributed by atoms with Crippen LogP contribution in [-0.4, -0.2) is 59.2 Å². The van der Waals surface area contributed by atoms with Crippen molar-refractivity contribution in [2.75, 3.05) is 54.0 Å². The third kappa shape index (κ3) is 4.72. The first-order valence-corrected chi connectivity index (χ1v) is 11.6. The molecule has 2 saturated heterocycles. The van der Waals surface area contributed by atoms with Crippen molar-refractivity contribution in [3.8, 4) is 11.4 Å². The lowest BCUT2D eigenvalue weighted by atomic mass is 10.2. The van der Waals surface area contributed by atoms with Gasteiger partial charge in [0.25, 0.3) is 0 Å². The highest BCUT2D eigenvalue weighted by atomic mass is 35.5. The first-order valence-electron chi connectivity index (χ1n) is 11.2. The van der Waals surface area contributed by atoms with E-state index >= 15 is 0 Å². The molecule has 0 radical (unpaired) electrons. The maximum Gasteiger partial charge on any atom is 0.419 e. The average Bonchev–Trinajstić information content (AvgIpc) is 3.39. The van der Waals surface area contributed by atoms with Gasteiger partial charge < -0.3 is 14.7 Å². The van der Waals surface area contributed by atoms with Gasteiger partial charge in [0.05, 0.1) is 5.56 Å². The molecular formula is C23H23ClF3N7. The standard InChI is InChI=1S/C23H23ClF3N7/c24-17-6-3-5-16(15-17)19-29-21(33-9-1-2-10-33)31-22(30-19)34-13-11-32(12-14-34)20-18(23(25,26)27)7-4-8-28-20/h3-8,15H,1-2,9-14H2. The van der Waals surface area contributed by atoms with Crippen molar-refractivity contribution in [1.82, 2.24) is 19.9 Å². The number of alkyl halides is 3. The van der Waals surface area contributed by atoms with Crippen molar-refractivity contribution in [3.05, 3.63) is 53.2 Å². The Morgan fingerprint density at radius 1 is 0.765 bits per heavy atom. The quantitative estimate of drug-likeness (QED) is 0.533. The predicted molar refractivity (Wildman–Crippen MR) is 125 cm³/mol. The molecule has 34 heavy (non-hydrogen) atoms. The van der Waals surface area contributed by atoms with Gasteiger partial charge in [-0.15, -0.1) is 0 Å². The summed E-state index contributed by atoms with van der Waals surface area (Å²) in [6.45, 7) is 3.44. The van der Waals surface area contributed by atoms with Gasteiger partial charge in [0.1, 0.15) is 5.82 Å². The van der Waals surface area contributed by atoms with E-state index in [-0.39, 0.29) is 5.82 Å². The van der Waals surface area contributed by atoms with Crippen LogP contribution in [0.5, 0.6) is 0 Å². The fraction of sp³-hybridized carbons (Fsp3) is 0.391. The third-order valence-corrected chi connectivity index (χ3v) is 6.27. The van der Waals surface area contributed by atoms with Crippen molar-refractivity contribution < 1.29 is 13.2 Å². The average molecular weight is 490 g/mol. The van der Waals surface area contributed by atoms with Gasteiger partial charge >= 0.3 is 6.18 Å². The molecule has 1 aromatic carbocycles. The van der Waals surface area contributed by atoms with E-state index in [9.17, 15) is 13.2 Å². The SMILES string of the molecule is FC(F)(F)c1cccnc1N1CCN(c2nc(-c3cccc(Cl)c3)nc(N3CCCC3)n2)CC1. The van der Waals surface area contributed by atoms with Gasteiger partial charge in [-0.2, -0.15) is 28.1 Å². The van der Waals surface area contributed by atoms with Gasteiger partial charge in [0.2, 0.25) is 11.9 Å². The second-order valence-electron chi connectivity index (χ2n) is 8.31. The van der Waals surface area contributed by atoms with Gasteiger partial charge in [0.15, 0.2) is 5.82 Å². The zero-order valence-corrected chi connectivity index (χ0v) is 19.1. The van der Waals surface area contributed by atoms with Gasteiger partial charge in [-0.1, -0.05) is 23.7 Å². The molecule has 2 fully saturated rings. The largest absolute Gasteiger partial charge is 0.419 e. The summed E-state index contributed by atoms with van der Waals surface area (Å²) < 4.78 is 40.4. The predicted octanol–water partition coefficient (Wildman–Crippen LogP) is 4.53. The van der Waals surface area contributed by atoms with E-state index in [4.69, 9.17) is 26.6 Å². The fourth-order valence-electron chi connectivity index (χ4n) is 4.30. The van der Waals surface area contributed by atoms with Crippen LogP contribution in [0.2, 0.25) is 5.02 Å². The van der Waals surface area contributed by atoms with Crippen molar-refractivity contribution in [3.63, 3.8) is 0 Å². The highest BCUT2D eigenvalue weighted by molar-refractivity contribution is 6.30. The molecule has 0 N–H and O–H groups in total. The second-order valence-corrected chi connectivity index (χ2v) is 8.75. The Labute approximate surface area is 200 Å². The minimum atomic E-state index is -4.45. The number of aromatic nitrogens is 4. The van der Waals surface area contributed by atoms with Gasteiger partial charge in [-0.3, -0.25) is 0 Å². The highest BCUT2D eigenvalue weighted by Crippen LogP contribution is 2.35. The van der Waals surface area contributed by atoms with Gasteiger partial charge in [0, 0.05) is 56.1 Å². The van der Waals surface area contributed by atoms with Crippen molar-refractivity contribution in [1.29, 1.82) is 0 Å². The Morgan fingerprint density at radius 3 is 2.06 bits per heavy atom. The minimum absolute atomic E-state index is 0.0392. The Kier molecular flexibility index (Phi) is 6.16. The van der Waals surface area contributed by atoms with Crippen LogP contribution in [0.1, 0.15) is 18.4 Å². The molecule has 0 unspecified atom stereocenters. The number of benzene rings is 1. The molecule has 11 heteroatoms. The molecule has 2 aliphatic rings. The van der Waals surface area contributed by atoms with Crippen LogP contribution in [0.15, 0.2) is 42.6 Å². The monoisotopic (exact) mass is 489 g/mol. The fourth-order valence-corrected chi connectivity index (χ4v) is 4.49. The molecule has 0 bridgehead atoms. The first-order chi connectivity index (χ1) is 16.4. The first kappa shape index (κ1) is 22.6. The number of hydrogen-bond donors (Lipinski definition) is 0. The van der Waals surface area contributed by atoms with Crippen LogP contribution in [0.4, 0.5) is 30.9 Å². The number of nitrogens with zero attached hydrogens (tertiary/aromatic N) is 7.